The maximum atomic E-state index is 6.59. The van der Waals surface area contributed by atoms with E-state index in [9.17, 15) is 0 Å². The fourth-order valence-electron chi connectivity index (χ4n) is 4.12. The molecule has 2 atom stereocenters. The maximum absolute atomic E-state index is 6.59. The van der Waals surface area contributed by atoms with E-state index in [-0.39, 0.29) is 5.60 Å². The highest BCUT2D eigenvalue weighted by molar-refractivity contribution is 7.09. The molecule has 0 amide bonds. The average Bonchev–Trinajstić information content (AvgIpc) is 3.13. The molecule has 3 aliphatic heterocycles. The lowest BCUT2D eigenvalue weighted by Crippen LogP contribution is -2.46. The van der Waals surface area contributed by atoms with Crippen LogP contribution < -0.4 is 0 Å². The molecule has 6 nitrogen and oxygen atoms in total. The van der Waals surface area contributed by atoms with Gasteiger partial charge in [-0.1, -0.05) is 0 Å². The molecule has 3 aliphatic rings. The fourth-order valence-corrected chi connectivity index (χ4v) is 4.94. The van der Waals surface area contributed by atoms with E-state index in [4.69, 9.17) is 14.2 Å². The molecular weight excluding hydrogens is 338 g/mol. The molecule has 4 rings (SSSR count). The van der Waals surface area contributed by atoms with Crippen LogP contribution in [-0.2, 0) is 20.8 Å². The Hall–Kier alpha value is -0.570. The lowest BCUT2D eigenvalue weighted by molar-refractivity contribution is -0.0966. The molecule has 3 fully saturated rings. The van der Waals surface area contributed by atoms with Crippen molar-refractivity contribution in [3.63, 3.8) is 0 Å². The van der Waals surface area contributed by atoms with Gasteiger partial charge in [0.1, 0.15) is 5.60 Å². The van der Waals surface area contributed by atoms with Crippen LogP contribution in [0, 0.1) is 6.92 Å². The van der Waals surface area contributed by atoms with Crippen LogP contribution >= 0.6 is 11.3 Å². The number of rotatable bonds is 4. The van der Waals surface area contributed by atoms with E-state index in [1.54, 1.807) is 11.3 Å². The van der Waals surface area contributed by atoms with Crippen molar-refractivity contribution in [2.75, 3.05) is 59.2 Å². The van der Waals surface area contributed by atoms with Crippen molar-refractivity contribution in [3.05, 3.63) is 16.1 Å². The molecular formula is C18H29N3O3S. The summed E-state index contributed by atoms with van der Waals surface area (Å²) in [7, 11) is 0. The number of thiazole rings is 1. The summed E-state index contributed by atoms with van der Waals surface area (Å²) in [6, 6.07) is 0. The molecule has 0 radical (unpaired) electrons. The van der Waals surface area contributed by atoms with Crippen molar-refractivity contribution in [2.45, 2.75) is 38.0 Å². The van der Waals surface area contributed by atoms with Crippen LogP contribution in [0.4, 0.5) is 0 Å². The van der Waals surface area contributed by atoms with Crippen LogP contribution in [0.15, 0.2) is 5.51 Å². The van der Waals surface area contributed by atoms with Gasteiger partial charge in [-0.2, -0.15) is 0 Å². The molecule has 0 aliphatic carbocycles. The first kappa shape index (κ1) is 17.8. The minimum absolute atomic E-state index is 0.133. The summed E-state index contributed by atoms with van der Waals surface area (Å²) in [6.45, 7) is 11.3. The highest BCUT2D eigenvalue weighted by Gasteiger charge is 2.43. The standard InChI is InChI=1S/C18H29N3O3S/c1-15-17(25-14-19-15)11-21-6-9-23-13-18(12-21)3-2-16(24-18)10-20-4-7-22-8-5-20/h14,16H,2-13H2,1H3/t16-,18+/m1/s1. The Labute approximate surface area is 154 Å². The third-order valence-electron chi connectivity index (χ3n) is 5.54. The Kier molecular flexibility index (Phi) is 5.69. The quantitative estimate of drug-likeness (QED) is 0.804. The highest BCUT2D eigenvalue weighted by atomic mass is 32.1. The van der Waals surface area contributed by atoms with Gasteiger partial charge in [-0.05, 0) is 19.8 Å². The molecule has 140 valence electrons. The van der Waals surface area contributed by atoms with Gasteiger partial charge >= 0.3 is 0 Å². The Bertz CT molecular complexity index is 564. The molecule has 1 aromatic rings. The van der Waals surface area contributed by atoms with Gasteiger partial charge in [-0.15, -0.1) is 11.3 Å². The Morgan fingerprint density at radius 3 is 2.80 bits per heavy atom. The molecule has 0 bridgehead atoms. The Morgan fingerprint density at radius 2 is 2.00 bits per heavy atom. The smallest absolute Gasteiger partial charge is 0.105 e. The van der Waals surface area contributed by atoms with Crippen LogP contribution in [0.25, 0.3) is 0 Å². The van der Waals surface area contributed by atoms with E-state index >= 15 is 0 Å². The predicted octanol–water partition coefficient (Wildman–Crippen LogP) is 1.53. The summed E-state index contributed by atoms with van der Waals surface area (Å²) in [5.41, 5.74) is 2.97. The molecule has 1 aromatic heterocycles. The monoisotopic (exact) mass is 367 g/mol. The van der Waals surface area contributed by atoms with E-state index in [1.807, 2.05) is 5.51 Å². The first-order valence-electron chi connectivity index (χ1n) is 9.39. The SMILES string of the molecule is Cc1ncsc1CN1CCOC[C@]2(CC[C@H](CN3CCOCC3)O2)C1. The number of morpholine rings is 1. The average molecular weight is 368 g/mol. The third kappa shape index (κ3) is 4.40. The minimum atomic E-state index is -0.133. The lowest BCUT2D eigenvalue weighted by atomic mass is 10.00. The van der Waals surface area contributed by atoms with E-state index < -0.39 is 0 Å². The summed E-state index contributed by atoms with van der Waals surface area (Å²) in [4.78, 5) is 10.7. The molecule has 1 spiro atoms. The summed E-state index contributed by atoms with van der Waals surface area (Å²) in [6.07, 6.45) is 2.56. The van der Waals surface area contributed by atoms with Crippen LogP contribution in [0.3, 0.4) is 0 Å². The molecule has 0 saturated carbocycles. The number of aryl methyl sites for hydroxylation is 1. The van der Waals surface area contributed by atoms with Gasteiger partial charge in [0.2, 0.25) is 0 Å². The van der Waals surface area contributed by atoms with Crippen molar-refractivity contribution in [2.24, 2.45) is 0 Å². The number of ether oxygens (including phenoxy) is 3. The number of aromatic nitrogens is 1. The second-order valence-corrected chi connectivity index (χ2v) is 8.44. The highest BCUT2D eigenvalue weighted by Crippen LogP contribution is 2.34. The van der Waals surface area contributed by atoms with Crippen molar-refractivity contribution in [3.8, 4) is 0 Å². The number of hydrogen-bond acceptors (Lipinski definition) is 7. The van der Waals surface area contributed by atoms with Crippen molar-refractivity contribution < 1.29 is 14.2 Å². The Morgan fingerprint density at radius 1 is 1.20 bits per heavy atom. The predicted molar refractivity (Wildman–Crippen MR) is 97.0 cm³/mol. The summed E-state index contributed by atoms with van der Waals surface area (Å²) < 4.78 is 18.0. The van der Waals surface area contributed by atoms with Gasteiger partial charge in [-0.3, -0.25) is 9.80 Å². The molecule has 25 heavy (non-hydrogen) atoms. The molecule has 4 heterocycles. The molecule has 0 unspecified atom stereocenters. The van der Waals surface area contributed by atoms with Crippen LogP contribution in [-0.4, -0.2) is 85.6 Å². The zero-order valence-electron chi connectivity index (χ0n) is 15.1. The first-order valence-corrected chi connectivity index (χ1v) is 10.3. The zero-order chi connectivity index (χ0) is 17.1. The van der Waals surface area contributed by atoms with E-state index in [2.05, 4.69) is 21.7 Å². The van der Waals surface area contributed by atoms with Gasteiger partial charge in [0.25, 0.3) is 0 Å². The Balaban J connectivity index is 1.36. The molecule has 0 N–H and O–H groups in total. The fraction of sp³-hybridized carbons (Fsp3) is 0.833. The number of hydrogen-bond donors (Lipinski definition) is 0. The van der Waals surface area contributed by atoms with Gasteiger partial charge in [-0.25, -0.2) is 4.98 Å². The first-order chi connectivity index (χ1) is 12.2. The maximum Gasteiger partial charge on any atom is 0.105 e. The largest absolute Gasteiger partial charge is 0.379 e. The normalized spacial score (nSPS) is 32.3. The molecule has 7 heteroatoms. The van der Waals surface area contributed by atoms with Crippen molar-refractivity contribution >= 4 is 11.3 Å². The van der Waals surface area contributed by atoms with E-state index in [0.717, 1.165) is 84.2 Å². The van der Waals surface area contributed by atoms with Crippen LogP contribution in [0.5, 0.6) is 0 Å². The van der Waals surface area contributed by atoms with Gasteiger partial charge in [0.15, 0.2) is 0 Å². The zero-order valence-corrected chi connectivity index (χ0v) is 15.9. The van der Waals surface area contributed by atoms with Crippen LogP contribution in [0.2, 0.25) is 0 Å². The third-order valence-corrected chi connectivity index (χ3v) is 6.46. The van der Waals surface area contributed by atoms with E-state index in [0.29, 0.717) is 6.10 Å². The number of nitrogens with zero attached hydrogens (tertiary/aromatic N) is 3. The van der Waals surface area contributed by atoms with Gasteiger partial charge in [0.05, 0.1) is 43.7 Å². The van der Waals surface area contributed by atoms with Gasteiger partial charge < -0.3 is 14.2 Å². The second-order valence-electron chi connectivity index (χ2n) is 7.50. The topological polar surface area (TPSA) is 47.1 Å². The van der Waals surface area contributed by atoms with Crippen LogP contribution in [0.1, 0.15) is 23.4 Å². The van der Waals surface area contributed by atoms with E-state index in [1.165, 1.54) is 4.88 Å². The minimum Gasteiger partial charge on any atom is -0.379 e. The molecule has 0 aromatic carbocycles. The summed E-state index contributed by atoms with van der Waals surface area (Å²) in [5, 5.41) is 0. The van der Waals surface area contributed by atoms with Crippen molar-refractivity contribution in [1.29, 1.82) is 0 Å². The lowest BCUT2D eigenvalue weighted by Gasteiger charge is -2.33. The summed E-state index contributed by atoms with van der Waals surface area (Å²) >= 11 is 1.75. The molecule has 3 saturated heterocycles. The summed E-state index contributed by atoms with van der Waals surface area (Å²) in [5.74, 6) is 0. The second kappa shape index (κ2) is 7.98. The van der Waals surface area contributed by atoms with Gasteiger partial charge in [0, 0.05) is 44.1 Å². The van der Waals surface area contributed by atoms with Crippen molar-refractivity contribution in [1.82, 2.24) is 14.8 Å².